The van der Waals surface area contributed by atoms with Crippen LogP contribution in [0.3, 0.4) is 0 Å². The number of carbonyl (C=O) groups excluding carboxylic acids is 1. The number of benzene rings is 2. The minimum absolute atomic E-state index is 0. The topological polar surface area (TPSA) is 74.8 Å². The molecular formula is C23H33IN4O2. The van der Waals surface area contributed by atoms with Crippen molar-refractivity contribution in [2.24, 2.45) is 4.99 Å². The van der Waals surface area contributed by atoms with Crippen molar-refractivity contribution in [1.29, 1.82) is 0 Å². The molecule has 0 fully saturated rings. The monoisotopic (exact) mass is 524 g/mol. The van der Waals surface area contributed by atoms with E-state index in [1.54, 1.807) is 14.2 Å². The Balaban J connectivity index is 0.00000450. The second-order valence-electron chi connectivity index (χ2n) is 8.00. The van der Waals surface area contributed by atoms with E-state index in [1.807, 2.05) is 64.1 Å². The zero-order valence-electron chi connectivity index (χ0n) is 18.6. The molecule has 0 heterocycles. The van der Waals surface area contributed by atoms with Gasteiger partial charge in [0.15, 0.2) is 5.96 Å². The summed E-state index contributed by atoms with van der Waals surface area (Å²) in [5.41, 5.74) is 3.59. The highest BCUT2D eigenvalue weighted by molar-refractivity contribution is 14.0. The average molecular weight is 524 g/mol. The van der Waals surface area contributed by atoms with Crippen molar-refractivity contribution in [1.82, 2.24) is 16.0 Å². The van der Waals surface area contributed by atoms with Gasteiger partial charge in [-0.15, -0.1) is 24.0 Å². The van der Waals surface area contributed by atoms with E-state index >= 15 is 0 Å². The van der Waals surface area contributed by atoms with Crippen LogP contribution < -0.4 is 20.7 Å². The van der Waals surface area contributed by atoms with Crippen LogP contribution in [0.1, 0.15) is 47.8 Å². The zero-order chi connectivity index (χ0) is 21.4. The molecule has 0 aliphatic carbocycles. The number of hydrogen-bond donors (Lipinski definition) is 3. The van der Waals surface area contributed by atoms with Gasteiger partial charge in [-0.2, -0.15) is 0 Å². The summed E-state index contributed by atoms with van der Waals surface area (Å²) >= 11 is 0. The molecule has 0 saturated carbocycles. The van der Waals surface area contributed by atoms with Crippen molar-refractivity contribution in [3.05, 3.63) is 64.7 Å². The molecular weight excluding hydrogens is 491 g/mol. The fourth-order valence-electron chi connectivity index (χ4n) is 2.82. The van der Waals surface area contributed by atoms with Crippen LogP contribution in [0.5, 0.6) is 5.75 Å². The molecule has 0 unspecified atom stereocenters. The third kappa shape index (κ3) is 8.22. The van der Waals surface area contributed by atoms with Crippen LogP contribution in [-0.4, -0.2) is 31.6 Å². The van der Waals surface area contributed by atoms with Gasteiger partial charge in [-0.3, -0.25) is 9.79 Å². The Bertz CT molecular complexity index is 876. The fourth-order valence-corrected chi connectivity index (χ4v) is 2.82. The minimum atomic E-state index is -0.270. The van der Waals surface area contributed by atoms with Crippen molar-refractivity contribution in [3.8, 4) is 5.75 Å². The third-order valence-electron chi connectivity index (χ3n) is 4.25. The van der Waals surface area contributed by atoms with Gasteiger partial charge >= 0.3 is 0 Å². The van der Waals surface area contributed by atoms with Gasteiger partial charge in [-0.1, -0.05) is 24.3 Å². The van der Waals surface area contributed by atoms with Crippen molar-refractivity contribution in [2.45, 2.75) is 46.3 Å². The van der Waals surface area contributed by atoms with Crippen molar-refractivity contribution in [2.75, 3.05) is 14.2 Å². The molecule has 2 aromatic rings. The quantitative estimate of drug-likeness (QED) is 0.303. The van der Waals surface area contributed by atoms with Gasteiger partial charge in [0.25, 0.3) is 5.91 Å². The van der Waals surface area contributed by atoms with Crippen LogP contribution >= 0.6 is 24.0 Å². The van der Waals surface area contributed by atoms with Gasteiger partial charge in [0.2, 0.25) is 0 Å². The van der Waals surface area contributed by atoms with Gasteiger partial charge in [0, 0.05) is 36.8 Å². The van der Waals surface area contributed by atoms with Crippen molar-refractivity contribution in [3.63, 3.8) is 0 Å². The average Bonchev–Trinajstić information content (AvgIpc) is 2.67. The number of ether oxygens (including phenoxy) is 1. The molecule has 7 heteroatoms. The number of methoxy groups -OCH3 is 1. The first-order chi connectivity index (χ1) is 13.7. The Morgan fingerprint density at radius 2 is 1.77 bits per heavy atom. The van der Waals surface area contributed by atoms with E-state index in [-0.39, 0.29) is 35.4 Å². The summed E-state index contributed by atoms with van der Waals surface area (Å²) in [6, 6.07) is 13.7. The number of nitrogens with zero attached hydrogens (tertiary/aromatic N) is 1. The SMILES string of the molecule is CN=C(NCc1cccc(C(=O)NC(C)(C)C)c1)NCc1ccc(C)cc1OC.I. The van der Waals surface area contributed by atoms with Crippen LogP contribution in [0.25, 0.3) is 0 Å². The van der Waals surface area contributed by atoms with E-state index in [4.69, 9.17) is 4.74 Å². The first kappa shape index (κ1) is 25.7. The lowest BCUT2D eigenvalue weighted by atomic mass is 10.1. The summed E-state index contributed by atoms with van der Waals surface area (Å²) in [6.07, 6.45) is 0. The maximum atomic E-state index is 12.4. The van der Waals surface area contributed by atoms with E-state index in [1.165, 1.54) is 0 Å². The number of guanidine groups is 1. The maximum Gasteiger partial charge on any atom is 0.251 e. The molecule has 0 saturated heterocycles. The van der Waals surface area contributed by atoms with Crippen LogP contribution in [0.4, 0.5) is 0 Å². The number of carbonyl (C=O) groups is 1. The molecule has 0 bridgehead atoms. The number of hydrogen-bond acceptors (Lipinski definition) is 3. The molecule has 2 rings (SSSR count). The highest BCUT2D eigenvalue weighted by Crippen LogP contribution is 2.19. The van der Waals surface area contributed by atoms with Crippen molar-refractivity contribution < 1.29 is 9.53 Å². The van der Waals surface area contributed by atoms with Gasteiger partial charge in [-0.05, 0) is 57.0 Å². The fraction of sp³-hybridized carbons (Fsp3) is 0.391. The maximum absolute atomic E-state index is 12.4. The number of aryl methyl sites for hydroxylation is 1. The second kappa shape index (κ2) is 11.8. The van der Waals surface area contributed by atoms with E-state index in [2.05, 4.69) is 27.0 Å². The highest BCUT2D eigenvalue weighted by atomic mass is 127. The molecule has 0 radical (unpaired) electrons. The van der Waals surface area contributed by atoms with E-state index in [9.17, 15) is 4.79 Å². The normalized spacial score (nSPS) is 11.3. The summed E-state index contributed by atoms with van der Waals surface area (Å²) in [5.74, 6) is 1.45. The molecule has 6 nitrogen and oxygen atoms in total. The van der Waals surface area contributed by atoms with Gasteiger partial charge in [0.05, 0.1) is 7.11 Å². The Hall–Kier alpha value is -2.29. The summed E-state index contributed by atoms with van der Waals surface area (Å²) in [7, 11) is 3.41. The van der Waals surface area contributed by atoms with Crippen molar-refractivity contribution >= 4 is 35.8 Å². The lowest BCUT2D eigenvalue weighted by molar-refractivity contribution is 0.0919. The highest BCUT2D eigenvalue weighted by Gasteiger charge is 2.15. The van der Waals surface area contributed by atoms with Crippen LogP contribution in [0.15, 0.2) is 47.5 Å². The van der Waals surface area contributed by atoms with Crippen LogP contribution in [0.2, 0.25) is 0 Å². The van der Waals surface area contributed by atoms with E-state index < -0.39 is 0 Å². The molecule has 30 heavy (non-hydrogen) atoms. The standard InChI is InChI=1S/C23H32N4O2.HI/c1-16-10-11-19(20(12-16)29-6)15-26-22(24-5)25-14-17-8-7-9-18(13-17)21(28)27-23(2,3)4;/h7-13H,14-15H2,1-6H3,(H,27,28)(H2,24,25,26);1H. The molecule has 3 N–H and O–H groups in total. The Morgan fingerprint density at radius 1 is 1.07 bits per heavy atom. The largest absolute Gasteiger partial charge is 0.496 e. The van der Waals surface area contributed by atoms with Gasteiger partial charge in [0.1, 0.15) is 5.75 Å². The number of halogens is 1. The van der Waals surface area contributed by atoms with Gasteiger partial charge < -0.3 is 20.7 Å². The summed E-state index contributed by atoms with van der Waals surface area (Å²) in [4.78, 5) is 16.6. The lowest BCUT2D eigenvalue weighted by Gasteiger charge is -2.20. The first-order valence-corrected chi connectivity index (χ1v) is 9.71. The summed E-state index contributed by atoms with van der Waals surface area (Å²) in [5, 5.41) is 9.57. The Morgan fingerprint density at radius 3 is 2.40 bits per heavy atom. The number of aliphatic imine (C=N–C) groups is 1. The molecule has 0 aliphatic rings. The number of nitrogens with one attached hydrogen (secondary N) is 3. The van der Waals surface area contributed by atoms with Crippen LogP contribution in [0, 0.1) is 6.92 Å². The van der Waals surface area contributed by atoms with Gasteiger partial charge in [-0.25, -0.2) is 0 Å². The first-order valence-electron chi connectivity index (χ1n) is 9.71. The molecule has 0 spiro atoms. The third-order valence-corrected chi connectivity index (χ3v) is 4.25. The van der Waals surface area contributed by atoms with E-state index in [0.29, 0.717) is 24.6 Å². The second-order valence-corrected chi connectivity index (χ2v) is 8.00. The number of rotatable bonds is 6. The molecule has 0 aliphatic heterocycles. The lowest BCUT2D eigenvalue weighted by Crippen LogP contribution is -2.40. The molecule has 0 aromatic heterocycles. The zero-order valence-corrected chi connectivity index (χ0v) is 21.0. The summed E-state index contributed by atoms with van der Waals surface area (Å²) < 4.78 is 5.45. The number of amides is 1. The minimum Gasteiger partial charge on any atom is -0.496 e. The molecule has 164 valence electrons. The summed E-state index contributed by atoms with van der Waals surface area (Å²) in [6.45, 7) is 9.09. The molecule has 1 amide bonds. The molecule has 2 aromatic carbocycles. The Kier molecular flexibility index (Phi) is 10.1. The van der Waals surface area contributed by atoms with Crippen LogP contribution in [-0.2, 0) is 13.1 Å². The Labute approximate surface area is 196 Å². The predicted molar refractivity (Wildman–Crippen MR) is 134 cm³/mol. The predicted octanol–water partition coefficient (Wildman–Crippen LogP) is 4.02. The molecule has 0 atom stereocenters. The van der Waals surface area contributed by atoms with E-state index in [0.717, 1.165) is 22.4 Å². The smallest absolute Gasteiger partial charge is 0.251 e.